The van der Waals surface area contributed by atoms with Gasteiger partial charge in [-0.3, -0.25) is 0 Å². The minimum Gasteiger partial charge on any atom is -0.456 e. The molecule has 0 bridgehead atoms. The molecule has 0 saturated heterocycles. The first kappa shape index (κ1) is 26.9. The molecule has 0 radical (unpaired) electrons. The summed E-state index contributed by atoms with van der Waals surface area (Å²) >= 11 is 0. The third-order valence-corrected chi connectivity index (χ3v) is 10.8. The number of furan rings is 2. The van der Waals surface area contributed by atoms with Crippen molar-refractivity contribution in [3.63, 3.8) is 0 Å². The first-order valence-electron chi connectivity index (χ1n) is 21.1. The number of rotatable bonds is 5. The molecule has 0 N–H and O–H groups in total. The van der Waals surface area contributed by atoms with E-state index in [1.54, 1.807) is 0 Å². The van der Waals surface area contributed by atoms with E-state index in [1.807, 2.05) is 78.9 Å². The molecule has 6 heteroatoms. The van der Waals surface area contributed by atoms with Gasteiger partial charge in [0, 0.05) is 60.8 Å². The molecule has 8 aromatic carbocycles. The van der Waals surface area contributed by atoms with Crippen LogP contribution in [0.4, 0.5) is 0 Å². The zero-order valence-corrected chi connectivity index (χ0v) is 30.0. The van der Waals surface area contributed by atoms with E-state index in [9.17, 15) is 0 Å². The van der Waals surface area contributed by atoms with E-state index in [0.717, 1.165) is 65.7 Å². The van der Waals surface area contributed by atoms with Gasteiger partial charge in [-0.15, -0.1) is 0 Å². The quantitative estimate of drug-likeness (QED) is 0.176. The Bertz CT molecular complexity index is 3810. The van der Waals surface area contributed by atoms with Crippen LogP contribution in [0.3, 0.4) is 0 Å². The van der Waals surface area contributed by atoms with E-state index >= 15 is 0 Å². The van der Waals surface area contributed by atoms with Crippen molar-refractivity contribution in [3.8, 4) is 51.0 Å². The molecule has 0 aliphatic heterocycles. The number of nitrogens with zero attached hydrogens (tertiary/aromatic N) is 4. The fourth-order valence-electron chi connectivity index (χ4n) is 8.16. The Labute approximate surface area is 332 Å². The van der Waals surface area contributed by atoms with Gasteiger partial charge in [0.15, 0.2) is 17.5 Å². The van der Waals surface area contributed by atoms with Gasteiger partial charge in [0.25, 0.3) is 0 Å². The fourth-order valence-corrected chi connectivity index (χ4v) is 8.16. The van der Waals surface area contributed by atoms with Crippen molar-refractivity contribution in [1.29, 1.82) is 0 Å². The monoisotopic (exact) mass is 735 g/mol. The lowest BCUT2D eigenvalue weighted by atomic mass is 10.0. The Morgan fingerprint density at radius 2 is 1.05 bits per heavy atom. The van der Waals surface area contributed by atoms with Crippen molar-refractivity contribution < 1.29 is 15.7 Å². The van der Waals surface area contributed by atoms with Gasteiger partial charge in [-0.05, 0) is 59.7 Å². The summed E-state index contributed by atoms with van der Waals surface area (Å²) in [5.74, 6) is 0.433. The summed E-state index contributed by atoms with van der Waals surface area (Å²) in [7, 11) is 0. The minimum absolute atomic E-state index is 0.0555. The third kappa shape index (κ3) is 5.01. The molecule has 0 aliphatic rings. The van der Waals surface area contributed by atoms with E-state index in [1.165, 1.54) is 0 Å². The summed E-state index contributed by atoms with van der Waals surface area (Å²) in [6.45, 7) is 0. The van der Waals surface area contributed by atoms with Crippen molar-refractivity contribution in [2.75, 3.05) is 0 Å². The highest BCUT2D eigenvalue weighted by Gasteiger charge is 2.20. The number of aromatic nitrogens is 4. The van der Waals surface area contributed by atoms with E-state index in [4.69, 9.17) is 30.6 Å². The largest absolute Gasteiger partial charge is 0.456 e. The van der Waals surface area contributed by atoms with E-state index in [0.29, 0.717) is 27.9 Å². The van der Waals surface area contributed by atoms with Crippen molar-refractivity contribution in [2.24, 2.45) is 0 Å². The Morgan fingerprint density at radius 1 is 0.404 bits per heavy atom. The lowest BCUT2D eigenvalue weighted by Crippen LogP contribution is -2.00. The third-order valence-electron chi connectivity index (χ3n) is 10.8. The lowest BCUT2D eigenvalue weighted by Gasteiger charge is -2.10. The van der Waals surface area contributed by atoms with Gasteiger partial charge in [-0.1, -0.05) is 127 Å². The SMILES string of the molecule is [2H]c1c([2H])c([2H])c(-c2nc(-c3ccc4c(c3)oc3ccccc34)nc(-c3cccc4oc5cc(-n6c7ccccc7c7ccc(-c8ccccc8)cc76)ccc5c34)n2)c([2H])c1[2H]. The average molecular weight is 736 g/mol. The van der Waals surface area contributed by atoms with Crippen molar-refractivity contribution in [2.45, 2.75) is 0 Å². The van der Waals surface area contributed by atoms with Gasteiger partial charge in [-0.2, -0.15) is 0 Å². The molecule has 0 spiro atoms. The van der Waals surface area contributed by atoms with Crippen LogP contribution in [0.15, 0.2) is 191 Å². The van der Waals surface area contributed by atoms with E-state index in [-0.39, 0.29) is 23.0 Å². The van der Waals surface area contributed by atoms with Crippen LogP contribution >= 0.6 is 0 Å². The van der Waals surface area contributed by atoms with Crippen LogP contribution in [-0.2, 0) is 0 Å². The predicted octanol–water partition coefficient (Wildman–Crippen LogP) is 13.4. The van der Waals surface area contributed by atoms with Crippen LogP contribution < -0.4 is 0 Å². The molecule has 0 amide bonds. The Morgan fingerprint density at radius 3 is 1.95 bits per heavy atom. The van der Waals surface area contributed by atoms with Crippen LogP contribution in [-0.4, -0.2) is 19.5 Å². The summed E-state index contributed by atoms with van der Waals surface area (Å²) in [6.07, 6.45) is 0. The van der Waals surface area contributed by atoms with Crippen molar-refractivity contribution >= 4 is 65.7 Å². The van der Waals surface area contributed by atoms with Gasteiger partial charge < -0.3 is 13.4 Å². The summed E-state index contributed by atoms with van der Waals surface area (Å²) in [4.78, 5) is 14.7. The molecule has 57 heavy (non-hydrogen) atoms. The Balaban J connectivity index is 1.06. The molecular weight excluding hydrogens is 701 g/mol. The lowest BCUT2D eigenvalue weighted by molar-refractivity contribution is 0.668. The van der Waals surface area contributed by atoms with Crippen molar-refractivity contribution in [1.82, 2.24) is 19.5 Å². The second-order valence-corrected chi connectivity index (χ2v) is 14.0. The maximum absolute atomic E-state index is 8.84. The van der Waals surface area contributed by atoms with Crippen LogP contribution in [0.25, 0.3) is 117 Å². The summed E-state index contributed by atoms with van der Waals surface area (Å²) in [5.41, 5.74) is 9.08. The minimum atomic E-state index is -0.500. The number of benzene rings is 8. The normalized spacial score (nSPS) is 13.1. The van der Waals surface area contributed by atoms with Crippen LogP contribution in [0, 0.1) is 0 Å². The molecule has 4 heterocycles. The summed E-state index contributed by atoms with van der Waals surface area (Å²) in [6, 6.07) is 48.4. The van der Waals surface area contributed by atoms with Crippen LogP contribution in [0.5, 0.6) is 0 Å². The molecule has 0 unspecified atom stereocenters. The van der Waals surface area contributed by atoms with Crippen LogP contribution in [0.1, 0.15) is 6.85 Å². The van der Waals surface area contributed by atoms with Gasteiger partial charge >= 0.3 is 0 Å². The maximum Gasteiger partial charge on any atom is 0.164 e. The van der Waals surface area contributed by atoms with Crippen LogP contribution in [0.2, 0.25) is 0 Å². The molecule has 12 aromatic rings. The molecule has 0 atom stereocenters. The molecular formula is C51H30N4O2. The van der Waals surface area contributed by atoms with E-state index in [2.05, 4.69) is 77.4 Å². The maximum atomic E-state index is 8.84. The first-order valence-corrected chi connectivity index (χ1v) is 18.6. The van der Waals surface area contributed by atoms with Gasteiger partial charge in [-0.25, -0.2) is 15.0 Å². The number of para-hydroxylation sites is 2. The molecule has 0 aliphatic carbocycles. The Kier molecular flexibility index (Phi) is 5.82. The number of fused-ring (bicyclic) bond motifs is 9. The van der Waals surface area contributed by atoms with E-state index < -0.39 is 30.2 Å². The summed E-state index contributed by atoms with van der Waals surface area (Å²) < 4.78 is 57.9. The molecule has 6 nitrogen and oxygen atoms in total. The van der Waals surface area contributed by atoms with Gasteiger partial charge in [0.05, 0.1) is 17.9 Å². The molecule has 0 fully saturated rings. The second-order valence-electron chi connectivity index (χ2n) is 14.0. The highest BCUT2D eigenvalue weighted by molar-refractivity contribution is 6.14. The number of hydrogen-bond donors (Lipinski definition) is 0. The molecule has 4 aromatic heterocycles. The first-order chi connectivity index (χ1) is 30.3. The van der Waals surface area contributed by atoms with Crippen molar-refractivity contribution in [3.05, 3.63) is 182 Å². The summed E-state index contributed by atoms with van der Waals surface area (Å²) in [5, 5.41) is 5.79. The highest BCUT2D eigenvalue weighted by Crippen LogP contribution is 2.40. The Hall–Kier alpha value is -7.83. The zero-order valence-electron chi connectivity index (χ0n) is 35.0. The zero-order chi connectivity index (χ0) is 41.8. The standard InChI is InChI=1S/C51H30N4O2/c1-3-12-31(13-4-1)33-22-25-37-36-16-7-9-19-42(36)55(43(37)28-33)35-24-27-40-47(30-35)57-45-21-11-18-41(48(40)45)51-53-49(32-14-5-2-6-15-32)52-50(54-51)34-23-26-39-38-17-8-10-20-44(38)56-46(39)29-34/h1-30H/i2D,5D,6D,14D,15D. The smallest absolute Gasteiger partial charge is 0.164 e. The molecule has 266 valence electrons. The van der Waals surface area contributed by atoms with Gasteiger partial charge in [0.2, 0.25) is 0 Å². The number of hydrogen-bond acceptors (Lipinski definition) is 5. The molecule has 0 saturated carbocycles. The average Bonchev–Trinajstić information content (AvgIpc) is 3.99. The molecule has 12 rings (SSSR count). The van der Waals surface area contributed by atoms with Gasteiger partial charge in [0.1, 0.15) is 22.3 Å². The second kappa shape index (κ2) is 12.3. The topological polar surface area (TPSA) is 69.9 Å². The predicted molar refractivity (Wildman–Crippen MR) is 230 cm³/mol. The fraction of sp³-hybridized carbons (Fsp3) is 0. The highest BCUT2D eigenvalue weighted by atomic mass is 16.3.